The molecule has 0 radical (unpaired) electrons. The molecule has 0 aliphatic rings. The van der Waals surface area contributed by atoms with Crippen LogP contribution in [0, 0.1) is 0 Å². The van der Waals surface area contributed by atoms with E-state index >= 15 is 0 Å². The highest BCUT2D eigenvalue weighted by Gasteiger charge is 2.28. The van der Waals surface area contributed by atoms with Gasteiger partial charge in [-0.25, -0.2) is 4.79 Å². The summed E-state index contributed by atoms with van der Waals surface area (Å²) in [4.78, 5) is 69.6. The largest absolute Gasteiger partial charge is 0.480 e. The Balaban J connectivity index is 4.90. The van der Waals surface area contributed by atoms with Gasteiger partial charge in [0, 0.05) is 6.42 Å². The second kappa shape index (κ2) is 14.7. The maximum atomic E-state index is 12.4. The van der Waals surface area contributed by atoms with Crippen molar-refractivity contribution in [3.63, 3.8) is 0 Å². The third kappa shape index (κ3) is 12.8. The van der Waals surface area contributed by atoms with Crippen molar-refractivity contribution in [2.24, 2.45) is 22.9 Å². The second-order valence-electron chi connectivity index (χ2n) is 6.80. The fraction of sp³-hybridized carbons (Fsp3) is 0.647. The van der Waals surface area contributed by atoms with E-state index in [4.69, 9.17) is 28.0 Å². The molecule has 0 bridgehead atoms. The van der Waals surface area contributed by atoms with E-state index in [1.165, 1.54) is 0 Å². The highest BCUT2D eigenvalue weighted by molar-refractivity contribution is 5.93. The van der Waals surface area contributed by atoms with Crippen molar-refractivity contribution in [2.75, 3.05) is 13.1 Å². The number of carboxylic acids is 1. The normalized spacial score (nSPS) is 13.4. The topological polar surface area (TPSA) is 263 Å². The van der Waals surface area contributed by atoms with Crippen LogP contribution in [0.4, 0.5) is 0 Å². The summed E-state index contributed by atoms with van der Waals surface area (Å²) >= 11 is 0. The molecule has 3 atom stereocenters. The van der Waals surface area contributed by atoms with Crippen molar-refractivity contribution < 1.29 is 33.9 Å². The minimum Gasteiger partial charge on any atom is -0.480 e. The molecule has 0 aliphatic heterocycles. The van der Waals surface area contributed by atoms with Crippen LogP contribution < -0.4 is 38.9 Å². The molecule has 0 spiro atoms. The summed E-state index contributed by atoms with van der Waals surface area (Å²) in [5, 5.41) is 15.7. The lowest BCUT2D eigenvalue weighted by Gasteiger charge is -2.21. The lowest BCUT2D eigenvalue weighted by Crippen LogP contribution is -2.54. The fourth-order valence-corrected chi connectivity index (χ4v) is 2.41. The first-order chi connectivity index (χ1) is 14.5. The number of hydrogen-bond acceptors (Lipinski definition) is 8. The van der Waals surface area contributed by atoms with E-state index in [1.807, 2.05) is 0 Å². The van der Waals surface area contributed by atoms with Crippen molar-refractivity contribution >= 4 is 35.5 Å². The lowest BCUT2D eigenvalue weighted by molar-refractivity contribution is -0.143. The first kappa shape index (κ1) is 27.7. The Hall–Kier alpha value is -3.26. The smallest absolute Gasteiger partial charge is 0.326 e. The van der Waals surface area contributed by atoms with Gasteiger partial charge in [0.1, 0.15) is 12.1 Å². The van der Waals surface area contributed by atoms with Crippen molar-refractivity contribution in [3.8, 4) is 0 Å². The summed E-state index contributed by atoms with van der Waals surface area (Å²) in [6.45, 7) is -0.0406. The van der Waals surface area contributed by atoms with Gasteiger partial charge in [0.2, 0.25) is 29.5 Å². The quantitative estimate of drug-likeness (QED) is 0.107. The van der Waals surface area contributed by atoms with Crippen molar-refractivity contribution in [1.29, 1.82) is 0 Å². The fourth-order valence-electron chi connectivity index (χ4n) is 2.41. The van der Waals surface area contributed by atoms with Crippen LogP contribution in [0.5, 0.6) is 0 Å². The zero-order valence-electron chi connectivity index (χ0n) is 17.1. The summed E-state index contributed by atoms with van der Waals surface area (Å²) in [5.74, 6) is -5.55. The predicted molar refractivity (Wildman–Crippen MR) is 108 cm³/mol. The minimum atomic E-state index is -1.62. The number of carbonyl (C=O) groups excluding carboxylic acids is 5. The van der Waals surface area contributed by atoms with Crippen molar-refractivity contribution in [2.45, 2.75) is 56.7 Å². The zero-order chi connectivity index (χ0) is 24.0. The van der Waals surface area contributed by atoms with E-state index < -0.39 is 66.6 Å². The van der Waals surface area contributed by atoms with Crippen LogP contribution >= 0.6 is 0 Å². The molecular formula is C17H31N7O7. The molecule has 0 aliphatic carbocycles. The number of hydrogen-bond donors (Lipinski definition) is 8. The van der Waals surface area contributed by atoms with Crippen LogP contribution in [-0.2, 0) is 28.8 Å². The summed E-state index contributed by atoms with van der Waals surface area (Å²) in [6, 6.07) is -3.80. The van der Waals surface area contributed by atoms with Gasteiger partial charge in [0.15, 0.2) is 0 Å². The Bertz CT molecular complexity index is 671. The highest BCUT2D eigenvalue weighted by atomic mass is 16.4. The molecule has 0 rings (SSSR count). The Morgan fingerprint density at radius 1 is 0.839 bits per heavy atom. The van der Waals surface area contributed by atoms with Gasteiger partial charge in [-0.05, 0) is 25.8 Å². The molecule has 12 N–H and O–H groups in total. The average Bonchev–Trinajstić information content (AvgIpc) is 2.67. The van der Waals surface area contributed by atoms with Crippen LogP contribution in [0.25, 0.3) is 0 Å². The van der Waals surface area contributed by atoms with Crippen molar-refractivity contribution in [1.82, 2.24) is 16.0 Å². The second-order valence-corrected chi connectivity index (χ2v) is 6.80. The summed E-state index contributed by atoms with van der Waals surface area (Å²) < 4.78 is 0. The van der Waals surface area contributed by atoms with Crippen LogP contribution in [0.2, 0.25) is 0 Å². The highest BCUT2D eigenvalue weighted by Crippen LogP contribution is 2.01. The first-order valence-corrected chi connectivity index (χ1v) is 9.60. The molecule has 0 saturated carbocycles. The monoisotopic (exact) mass is 445 g/mol. The van der Waals surface area contributed by atoms with Gasteiger partial charge in [-0.3, -0.25) is 24.0 Å². The molecule has 176 valence electrons. The third-order valence-electron chi connectivity index (χ3n) is 4.08. The number of carboxylic acid groups (broad SMARTS) is 1. The van der Waals surface area contributed by atoms with Crippen LogP contribution in [-0.4, -0.2) is 71.8 Å². The lowest BCUT2D eigenvalue weighted by atomic mass is 10.1. The molecule has 14 nitrogen and oxygen atoms in total. The molecule has 0 aromatic rings. The number of nitrogens with two attached hydrogens (primary N) is 4. The molecule has 0 aromatic carbocycles. The van der Waals surface area contributed by atoms with E-state index in [2.05, 4.69) is 16.0 Å². The molecular weight excluding hydrogens is 414 g/mol. The average molecular weight is 445 g/mol. The Labute approximate surface area is 178 Å². The zero-order valence-corrected chi connectivity index (χ0v) is 17.1. The van der Waals surface area contributed by atoms with Gasteiger partial charge in [-0.15, -0.1) is 0 Å². The number of carbonyl (C=O) groups is 6. The molecule has 14 heteroatoms. The summed E-state index contributed by atoms with van der Waals surface area (Å²) in [6.07, 6.45) is 0.529. The Kier molecular flexibility index (Phi) is 13.1. The molecule has 0 saturated heterocycles. The number of aliphatic carboxylic acids is 1. The number of primary amides is 2. The molecule has 0 heterocycles. The first-order valence-electron chi connectivity index (χ1n) is 9.60. The number of nitrogens with one attached hydrogen (secondary N) is 3. The van der Waals surface area contributed by atoms with Gasteiger partial charge >= 0.3 is 5.97 Å². The number of amides is 5. The summed E-state index contributed by atoms with van der Waals surface area (Å²) in [7, 11) is 0. The molecule has 5 amide bonds. The SMILES string of the molecule is NCCCCC(N)C(=O)NCC(=O)NC(CCC(N)=O)C(=O)NC(CC(N)=O)C(=O)O. The maximum absolute atomic E-state index is 12.4. The van der Waals surface area contributed by atoms with Gasteiger partial charge in [0.05, 0.1) is 19.0 Å². The van der Waals surface area contributed by atoms with Crippen LogP contribution in [0.1, 0.15) is 38.5 Å². The van der Waals surface area contributed by atoms with E-state index in [9.17, 15) is 28.8 Å². The molecule has 0 aromatic heterocycles. The maximum Gasteiger partial charge on any atom is 0.326 e. The Morgan fingerprint density at radius 2 is 1.48 bits per heavy atom. The number of unbranched alkanes of at least 4 members (excludes halogenated alkanes) is 1. The molecule has 31 heavy (non-hydrogen) atoms. The van der Waals surface area contributed by atoms with E-state index in [0.717, 1.165) is 0 Å². The number of rotatable bonds is 16. The minimum absolute atomic E-state index is 0.234. The van der Waals surface area contributed by atoms with Gasteiger partial charge < -0.3 is 44.0 Å². The standard InChI is InChI=1S/C17H31N7O7/c18-6-2-1-3-9(19)15(28)22-8-14(27)23-10(4-5-12(20)25)16(29)24-11(17(30)31)7-13(21)26/h9-11H,1-8,18-19H2,(H2,20,25)(H2,21,26)(H,22,28)(H,23,27)(H,24,29)(H,30,31). The van der Waals surface area contributed by atoms with Gasteiger partial charge in [-0.1, -0.05) is 6.42 Å². The molecule has 3 unspecified atom stereocenters. The van der Waals surface area contributed by atoms with Gasteiger partial charge in [-0.2, -0.15) is 0 Å². The predicted octanol–water partition coefficient (Wildman–Crippen LogP) is -4.25. The third-order valence-corrected chi connectivity index (χ3v) is 4.08. The van der Waals surface area contributed by atoms with Crippen molar-refractivity contribution in [3.05, 3.63) is 0 Å². The van der Waals surface area contributed by atoms with E-state index in [1.54, 1.807) is 0 Å². The van der Waals surface area contributed by atoms with E-state index in [-0.39, 0.29) is 12.8 Å². The molecule has 0 fully saturated rings. The van der Waals surface area contributed by atoms with Crippen LogP contribution in [0.15, 0.2) is 0 Å². The van der Waals surface area contributed by atoms with Gasteiger partial charge in [0.25, 0.3) is 0 Å². The van der Waals surface area contributed by atoms with Crippen LogP contribution in [0.3, 0.4) is 0 Å². The summed E-state index contributed by atoms with van der Waals surface area (Å²) in [5.41, 5.74) is 21.1. The van der Waals surface area contributed by atoms with E-state index in [0.29, 0.717) is 25.8 Å². The Morgan fingerprint density at radius 3 is 2.00 bits per heavy atom.